The lowest BCUT2D eigenvalue weighted by Gasteiger charge is -2.35. The second-order valence-corrected chi connectivity index (χ2v) is 8.07. The molecule has 1 heterocycles. The van der Waals surface area contributed by atoms with Gasteiger partial charge in [-0.1, -0.05) is 0 Å². The number of hydroxylamine groups is 2. The standard InChI is InChI=1S/C16H25N3O3S/c1-16(2,3)15(20)22-19-9-7-18(8-10-19)12-5-6-13(17)14(11-12)23(4)21/h5-6,11H,7-10,17H2,1-4H3. The van der Waals surface area contributed by atoms with Crippen molar-refractivity contribution in [1.29, 1.82) is 0 Å². The first-order valence-electron chi connectivity index (χ1n) is 7.64. The monoisotopic (exact) mass is 339 g/mol. The van der Waals surface area contributed by atoms with Crippen molar-refractivity contribution in [3.63, 3.8) is 0 Å². The number of benzene rings is 1. The van der Waals surface area contributed by atoms with E-state index < -0.39 is 16.6 Å². The van der Waals surface area contributed by atoms with Gasteiger partial charge in [0.15, 0.2) is 4.90 Å². The number of carbonyl (C=O) groups excluding carboxylic acids is 1. The van der Waals surface area contributed by atoms with Crippen LogP contribution in [-0.2, 0) is 20.8 Å². The van der Waals surface area contributed by atoms with Crippen molar-refractivity contribution in [2.45, 2.75) is 25.7 Å². The molecule has 6 nitrogen and oxygen atoms in total. The third-order valence-corrected chi connectivity index (χ3v) is 4.71. The zero-order chi connectivity index (χ0) is 17.2. The van der Waals surface area contributed by atoms with Crippen molar-refractivity contribution in [3.8, 4) is 0 Å². The fraction of sp³-hybridized carbons (Fsp3) is 0.562. The number of anilines is 2. The highest BCUT2D eigenvalue weighted by Crippen LogP contribution is 2.26. The number of nitrogens with zero attached hydrogens (tertiary/aromatic N) is 2. The molecule has 1 unspecified atom stereocenters. The van der Waals surface area contributed by atoms with Crippen LogP contribution in [0, 0.1) is 5.41 Å². The molecule has 23 heavy (non-hydrogen) atoms. The third-order valence-electron chi connectivity index (χ3n) is 3.74. The van der Waals surface area contributed by atoms with Crippen LogP contribution in [0.25, 0.3) is 0 Å². The Balaban J connectivity index is 1.97. The van der Waals surface area contributed by atoms with E-state index in [4.69, 9.17) is 10.6 Å². The van der Waals surface area contributed by atoms with Gasteiger partial charge in [0.25, 0.3) is 0 Å². The van der Waals surface area contributed by atoms with Gasteiger partial charge in [-0.2, -0.15) is 0 Å². The Morgan fingerprint density at radius 3 is 2.39 bits per heavy atom. The van der Waals surface area contributed by atoms with Crippen LogP contribution in [0.1, 0.15) is 20.8 Å². The fourth-order valence-corrected chi connectivity index (χ4v) is 2.95. The van der Waals surface area contributed by atoms with Crippen LogP contribution in [0.2, 0.25) is 0 Å². The van der Waals surface area contributed by atoms with Gasteiger partial charge in [-0.15, -0.1) is 5.06 Å². The minimum absolute atomic E-state index is 0.220. The Morgan fingerprint density at radius 1 is 1.26 bits per heavy atom. The number of nitrogens with two attached hydrogens (primary N) is 1. The molecule has 0 saturated carbocycles. The van der Waals surface area contributed by atoms with Gasteiger partial charge in [-0.05, 0) is 44.1 Å². The molecule has 1 fully saturated rings. The van der Waals surface area contributed by atoms with E-state index in [9.17, 15) is 9.35 Å². The Kier molecular flexibility index (Phi) is 5.44. The molecule has 2 N–H and O–H groups in total. The quantitative estimate of drug-likeness (QED) is 0.666. The summed E-state index contributed by atoms with van der Waals surface area (Å²) >= 11 is -1.11. The smallest absolute Gasteiger partial charge is 0.330 e. The molecule has 0 aromatic heterocycles. The van der Waals surface area contributed by atoms with E-state index in [0.717, 1.165) is 18.8 Å². The fourth-order valence-electron chi connectivity index (χ4n) is 2.26. The molecule has 0 radical (unpaired) electrons. The summed E-state index contributed by atoms with van der Waals surface area (Å²) in [5.41, 5.74) is 6.89. The van der Waals surface area contributed by atoms with Gasteiger partial charge in [0.2, 0.25) is 0 Å². The molecule has 2 rings (SSSR count). The van der Waals surface area contributed by atoms with Gasteiger partial charge in [-0.3, -0.25) is 0 Å². The SMILES string of the molecule is C[S+]([O-])c1cc(N2CCN(OC(=O)C(C)(C)C)CC2)ccc1N. The zero-order valence-electron chi connectivity index (χ0n) is 14.2. The summed E-state index contributed by atoms with van der Waals surface area (Å²) in [5.74, 6) is -0.220. The highest BCUT2D eigenvalue weighted by molar-refractivity contribution is 7.90. The van der Waals surface area contributed by atoms with Crippen LogP contribution < -0.4 is 10.6 Å². The molecule has 1 aromatic carbocycles. The van der Waals surface area contributed by atoms with Crippen LogP contribution in [0.5, 0.6) is 0 Å². The van der Waals surface area contributed by atoms with Gasteiger partial charge in [-0.25, -0.2) is 4.79 Å². The summed E-state index contributed by atoms with van der Waals surface area (Å²) in [4.78, 5) is 20.2. The first kappa shape index (κ1) is 17.9. The lowest BCUT2D eigenvalue weighted by Crippen LogP contribution is -2.48. The van der Waals surface area contributed by atoms with E-state index in [1.54, 1.807) is 17.4 Å². The molecule has 0 bridgehead atoms. The summed E-state index contributed by atoms with van der Waals surface area (Å²) < 4.78 is 11.7. The molecule has 1 atom stereocenters. The molecule has 128 valence electrons. The average Bonchev–Trinajstić information content (AvgIpc) is 2.47. The van der Waals surface area contributed by atoms with Crippen molar-refractivity contribution in [2.75, 3.05) is 43.1 Å². The van der Waals surface area contributed by atoms with E-state index in [0.29, 0.717) is 23.7 Å². The van der Waals surface area contributed by atoms with Crippen molar-refractivity contribution in [1.82, 2.24) is 5.06 Å². The number of nitrogen functional groups attached to an aromatic ring is 1. The topological polar surface area (TPSA) is 81.9 Å². The molecule has 0 aliphatic carbocycles. The minimum Gasteiger partial charge on any atom is -0.612 e. The van der Waals surface area contributed by atoms with Crippen molar-refractivity contribution in [2.24, 2.45) is 5.41 Å². The second kappa shape index (κ2) is 6.98. The number of carbonyl (C=O) groups is 1. The third kappa shape index (κ3) is 4.53. The summed E-state index contributed by atoms with van der Waals surface area (Å²) in [6.45, 7) is 8.26. The molecule has 1 aliphatic heterocycles. The average molecular weight is 339 g/mol. The molecule has 0 amide bonds. The molecule has 1 aliphatic rings. The first-order valence-corrected chi connectivity index (χ1v) is 9.19. The van der Waals surface area contributed by atoms with E-state index in [2.05, 4.69) is 4.90 Å². The Morgan fingerprint density at radius 2 is 1.87 bits per heavy atom. The molecular weight excluding hydrogens is 314 g/mol. The maximum Gasteiger partial charge on any atom is 0.330 e. The first-order chi connectivity index (χ1) is 10.7. The highest BCUT2D eigenvalue weighted by Gasteiger charge is 2.28. The summed E-state index contributed by atoms with van der Waals surface area (Å²) in [5, 5.41) is 1.71. The lowest BCUT2D eigenvalue weighted by molar-refractivity contribution is -0.201. The van der Waals surface area contributed by atoms with Gasteiger partial charge < -0.3 is 20.0 Å². The predicted octanol–water partition coefficient (Wildman–Crippen LogP) is 1.63. The van der Waals surface area contributed by atoms with Crippen molar-refractivity contribution < 1.29 is 14.2 Å². The van der Waals surface area contributed by atoms with Crippen LogP contribution in [-0.4, -0.2) is 48.0 Å². The van der Waals surface area contributed by atoms with Gasteiger partial charge in [0.1, 0.15) is 6.26 Å². The van der Waals surface area contributed by atoms with E-state index in [-0.39, 0.29) is 5.97 Å². The Bertz CT molecular complexity index is 564. The molecule has 7 heteroatoms. The van der Waals surface area contributed by atoms with Crippen LogP contribution in [0.15, 0.2) is 23.1 Å². The largest absolute Gasteiger partial charge is 0.612 e. The number of rotatable bonds is 3. The van der Waals surface area contributed by atoms with E-state index >= 15 is 0 Å². The van der Waals surface area contributed by atoms with Gasteiger partial charge in [0.05, 0.1) is 24.2 Å². The summed E-state index contributed by atoms with van der Waals surface area (Å²) in [6, 6.07) is 5.60. The number of hydrogen-bond donors (Lipinski definition) is 1. The normalized spacial score (nSPS) is 17.9. The second-order valence-electron chi connectivity index (χ2n) is 6.72. The minimum atomic E-state index is -1.11. The molecule has 1 aromatic rings. The van der Waals surface area contributed by atoms with Crippen LogP contribution >= 0.6 is 0 Å². The van der Waals surface area contributed by atoms with E-state index in [1.165, 1.54) is 0 Å². The maximum atomic E-state index is 11.9. The lowest BCUT2D eigenvalue weighted by atomic mass is 9.98. The van der Waals surface area contributed by atoms with Crippen molar-refractivity contribution in [3.05, 3.63) is 18.2 Å². The predicted molar refractivity (Wildman–Crippen MR) is 92.5 cm³/mol. The summed E-state index contributed by atoms with van der Waals surface area (Å²) in [6.07, 6.45) is 1.62. The van der Waals surface area contributed by atoms with Crippen LogP contribution in [0.4, 0.5) is 11.4 Å². The highest BCUT2D eigenvalue weighted by atomic mass is 32.2. The Hall–Kier alpha value is -1.44. The van der Waals surface area contributed by atoms with E-state index in [1.807, 2.05) is 32.9 Å². The maximum absolute atomic E-state index is 11.9. The zero-order valence-corrected chi connectivity index (χ0v) is 15.0. The molecule has 1 saturated heterocycles. The van der Waals surface area contributed by atoms with Crippen LogP contribution in [0.3, 0.4) is 0 Å². The van der Waals surface area contributed by atoms with Gasteiger partial charge in [0, 0.05) is 24.8 Å². The summed E-state index contributed by atoms with van der Waals surface area (Å²) in [7, 11) is 0. The Labute approximate surface area is 140 Å². The van der Waals surface area contributed by atoms with Crippen molar-refractivity contribution >= 4 is 28.5 Å². The number of piperazine rings is 1. The number of hydrogen-bond acceptors (Lipinski definition) is 6. The molecule has 0 spiro atoms. The molecular formula is C16H25N3O3S. The van der Waals surface area contributed by atoms with Gasteiger partial charge >= 0.3 is 5.97 Å².